The molecule has 3 heterocycles. The van der Waals surface area contributed by atoms with E-state index in [2.05, 4.69) is 27.9 Å². The number of halogens is 1. The Hall–Kier alpha value is -3.34. The van der Waals surface area contributed by atoms with Crippen molar-refractivity contribution >= 4 is 34.8 Å². The molecule has 2 unspecified atom stereocenters. The predicted octanol–water partition coefficient (Wildman–Crippen LogP) is 4.35. The first-order valence-corrected chi connectivity index (χ1v) is 14.9. The number of nitrogens with zero attached hydrogens (tertiary/aromatic N) is 3. The number of ether oxygens (including phenoxy) is 1. The van der Waals surface area contributed by atoms with Gasteiger partial charge in [-0.05, 0) is 69.8 Å². The van der Waals surface area contributed by atoms with Crippen LogP contribution in [0, 0.1) is 0 Å². The molecule has 0 bridgehead atoms. The minimum Gasteiger partial charge on any atom is -0.381 e. The van der Waals surface area contributed by atoms with E-state index in [-0.39, 0.29) is 18.3 Å². The molecule has 0 aliphatic carbocycles. The molecule has 0 radical (unpaired) electrons. The number of amidine groups is 2. The van der Waals surface area contributed by atoms with Crippen molar-refractivity contribution in [3.05, 3.63) is 87.5 Å². The summed E-state index contributed by atoms with van der Waals surface area (Å²) in [4.78, 5) is 30.8. The number of hydrogen-bond donors (Lipinski definition) is 3. The number of hydrogen-bond acceptors (Lipinski definition) is 8. The van der Waals surface area contributed by atoms with Crippen LogP contribution in [0.25, 0.3) is 5.57 Å². The lowest BCUT2D eigenvalue weighted by Gasteiger charge is -2.32. The van der Waals surface area contributed by atoms with Crippen molar-refractivity contribution in [2.24, 2.45) is 15.7 Å². The zero-order valence-electron chi connectivity index (χ0n) is 24.4. The summed E-state index contributed by atoms with van der Waals surface area (Å²) in [6.45, 7) is 8.27. The molecule has 9 nitrogen and oxygen atoms in total. The molecule has 0 aromatic heterocycles. The molecule has 1 saturated heterocycles. The van der Waals surface area contributed by atoms with Crippen molar-refractivity contribution in [3.8, 4) is 0 Å². The molecule has 5 rings (SSSR count). The van der Waals surface area contributed by atoms with E-state index in [4.69, 9.17) is 31.9 Å². The van der Waals surface area contributed by atoms with E-state index in [1.54, 1.807) is 11.0 Å². The van der Waals surface area contributed by atoms with Crippen LogP contribution in [0.15, 0.2) is 70.2 Å². The minimum absolute atomic E-state index is 0.161. The summed E-state index contributed by atoms with van der Waals surface area (Å²) in [5, 5.41) is 4.06. The molecule has 1 fully saturated rings. The van der Waals surface area contributed by atoms with Crippen LogP contribution in [0.4, 0.5) is 0 Å². The molecule has 1 amide bonds. The third-order valence-electron chi connectivity index (χ3n) is 7.58. The fourth-order valence-corrected chi connectivity index (χ4v) is 5.63. The van der Waals surface area contributed by atoms with E-state index in [1.807, 2.05) is 57.2 Å². The highest BCUT2D eigenvalue weighted by Crippen LogP contribution is 2.33. The van der Waals surface area contributed by atoms with Gasteiger partial charge in [0.25, 0.3) is 5.91 Å². The number of benzene rings is 2. The van der Waals surface area contributed by atoms with Gasteiger partial charge in [0.2, 0.25) is 0 Å². The van der Waals surface area contributed by atoms with Crippen LogP contribution < -0.4 is 16.5 Å². The molecule has 3 aliphatic rings. The average molecular weight is 591 g/mol. The summed E-state index contributed by atoms with van der Waals surface area (Å²) >= 11 is 6.80. The zero-order chi connectivity index (χ0) is 29.6. The summed E-state index contributed by atoms with van der Waals surface area (Å²) in [7, 11) is 0. The van der Waals surface area contributed by atoms with Gasteiger partial charge in [-0.15, -0.1) is 0 Å². The molecule has 4 N–H and O–H groups in total. The van der Waals surface area contributed by atoms with Crippen molar-refractivity contribution < 1.29 is 14.4 Å². The maximum Gasteiger partial charge on any atom is 0.260 e. The topological polar surface area (TPSA) is 114 Å². The lowest BCUT2D eigenvalue weighted by atomic mass is 9.95. The zero-order valence-corrected chi connectivity index (χ0v) is 25.2. The Bertz CT molecular complexity index is 1410. The van der Waals surface area contributed by atoms with Crippen LogP contribution >= 0.6 is 11.6 Å². The number of carbonyl (C=O) groups excluding carboxylic acids is 1. The summed E-state index contributed by atoms with van der Waals surface area (Å²) in [6.07, 6.45) is 6.09. The second-order valence-electron chi connectivity index (χ2n) is 10.7. The number of nitrogens with one attached hydrogen (secondary N) is 2. The Morgan fingerprint density at radius 1 is 1.21 bits per heavy atom. The van der Waals surface area contributed by atoms with Crippen LogP contribution in [-0.4, -0.2) is 60.7 Å². The van der Waals surface area contributed by atoms with Crippen molar-refractivity contribution in [1.82, 2.24) is 15.7 Å². The molecule has 0 saturated carbocycles. The van der Waals surface area contributed by atoms with Gasteiger partial charge in [-0.3, -0.25) is 15.0 Å². The SMILES string of the molecule is C/C=C1/C=C(c2ccc(C3=NC(C)ON3)cc2Cl)C(=O)N(Cc2ccc(CCN)cc2)/C1=N/C(C)NC1CCOCC1. The first-order chi connectivity index (χ1) is 20.4. The molecular formula is C32H39ClN6O3. The predicted molar refractivity (Wildman–Crippen MR) is 167 cm³/mol. The van der Waals surface area contributed by atoms with Crippen molar-refractivity contribution in [2.75, 3.05) is 19.8 Å². The first-order valence-electron chi connectivity index (χ1n) is 14.6. The van der Waals surface area contributed by atoms with Gasteiger partial charge in [0.15, 0.2) is 12.1 Å². The number of carbonyl (C=O) groups is 1. The highest BCUT2D eigenvalue weighted by molar-refractivity contribution is 6.37. The maximum atomic E-state index is 14.3. The number of allylic oxidation sites excluding steroid dienone is 1. The first kappa shape index (κ1) is 30.1. The molecule has 0 spiro atoms. The number of amides is 1. The van der Waals surface area contributed by atoms with Crippen LogP contribution in [0.1, 0.15) is 55.9 Å². The van der Waals surface area contributed by atoms with E-state index in [9.17, 15) is 4.79 Å². The second-order valence-corrected chi connectivity index (χ2v) is 11.1. The number of rotatable bonds is 9. The number of hydroxylamine groups is 1. The monoisotopic (exact) mass is 590 g/mol. The second kappa shape index (κ2) is 13.8. The summed E-state index contributed by atoms with van der Waals surface area (Å²) in [5.41, 5.74) is 13.5. The van der Waals surface area contributed by atoms with Crippen LogP contribution in [0.3, 0.4) is 0 Å². The van der Waals surface area contributed by atoms with Crippen molar-refractivity contribution in [1.29, 1.82) is 0 Å². The Morgan fingerprint density at radius 3 is 2.60 bits per heavy atom. The van der Waals surface area contributed by atoms with E-state index >= 15 is 0 Å². The minimum atomic E-state index is -0.280. The summed E-state index contributed by atoms with van der Waals surface area (Å²) in [6, 6.07) is 14.1. The van der Waals surface area contributed by atoms with E-state index in [0.29, 0.717) is 47.0 Å². The van der Waals surface area contributed by atoms with Crippen molar-refractivity contribution in [3.63, 3.8) is 0 Å². The largest absolute Gasteiger partial charge is 0.381 e. The maximum absolute atomic E-state index is 14.3. The van der Waals surface area contributed by atoms with Gasteiger partial charge in [0, 0.05) is 46.6 Å². The quantitative estimate of drug-likeness (QED) is 0.400. The number of nitrogens with two attached hydrogens (primary N) is 1. The Balaban J connectivity index is 1.49. The van der Waals surface area contributed by atoms with Crippen LogP contribution in [-0.2, 0) is 27.3 Å². The van der Waals surface area contributed by atoms with Crippen LogP contribution in [0.2, 0.25) is 5.02 Å². The molecule has 2 aromatic carbocycles. The Labute approximate surface area is 252 Å². The molecular weight excluding hydrogens is 552 g/mol. The normalized spacial score (nSPS) is 22.4. The Morgan fingerprint density at radius 2 is 1.95 bits per heavy atom. The van der Waals surface area contributed by atoms with Gasteiger partial charge in [0.05, 0.1) is 12.7 Å². The lowest BCUT2D eigenvalue weighted by molar-refractivity contribution is -0.122. The van der Waals surface area contributed by atoms with Gasteiger partial charge in [-0.1, -0.05) is 54.1 Å². The van der Waals surface area contributed by atoms with Gasteiger partial charge in [-0.2, -0.15) is 0 Å². The van der Waals surface area contributed by atoms with E-state index < -0.39 is 0 Å². The van der Waals surface area contributed by atoms with E-state index in [1.165, 1.54) is 0 Å². The van der Waals surface area contributed by atoms with E-state index in [0.717, 1.165) is 54.7 Å². The summed E-state index contributed by atoms with van der Waals surface area (Å²) in [5.74, 6) is 1.08. The number of aliphatic imine (C=N–C) groups is 2. The average Bonchev–Trinajstić information content (AvgIpc) is 3.43. The molecule has 222 valence electrons. The van der Waals surface area contributed by atoms with Gasteiger partial charge >= 0.3 is 0 Å². The van der Waals surface area contributed by atoms with Gasteiger partial charge in [0.1, 0.15) is 5.84 Å². The molecule has 3 aliphatic heterocycles. The molecule has 42 heavy (non-hydrogen) atoms. The molecule has 2 aromatic rings. The van der Waals surface area contributed by atoms with Crippen molar-refractivity contribution in [2.45, 2.75) is 65.0 Å². The van der Waals surface area contributed by atoms with Crippen LogP contribution in [0.5, 0.6) is 0 Å². The standard InChI is InChI=1S/C32H39ClN6O3/c1-4-24-17-28(27-10-9-25(18-29(27)33)30-37-21(3)42-38-30)32(40)39(19-23-7-5-22(6-8-23)11-14-34)31(24)36-20(2)35-26-12-15-41-16-13-26/h4-10,17-18,20-21,26,35H,11-16,19,34H2,1-3H3,(H,37,38)/b24-4-,36-31+. The Kier molecular flexibility index (Phi) is 9.87. The van der Waals surface area contributed by atoms with Gasteiger partial charge in [-0.25, -0.2) is 20.3 Å². The summed E-state index contributed by atoms with van der Waals surface area (Å²) < 4.78 is 5.51. The highest BCUT2D eigenvalue weighted by atomic mass is 35.5. The molecule has 2 atom stereocenters. The highest BCUT2D eigenvalue weighted by Gasteiger charge is 2.32. The third kappa shape index (κ3) is 6.99. The smallest absolute Gasteiger partial charge is 0.260 e. The third-order valence-corrected chi connectivity index (χ3v) is 7.89. The fourth-order valence-electron chi connectivity index (χ4n) is 5.35. The molecule has 10 heteroatoms. The lowest BCUT2D eigenvalue weighted by Crippen LogP contribution is -2.44. The van der Waals surface area contributed by atoms with Gasteiger partial charge < -0.3 is 10.5 Å². The fraction of sp³-hybridized carbons (Fsp3) is 0.406.